The number of rotatable bonds is 4. The van der Waals surface area contributed by atoms with Crippen LogP contribution in [0.2, 0.25) is 0 Å². The van der Waals surface area contributed by atoms with Crippen LogP contribution in [0.25, 0.3) is 5.65 Å². The molecular weight excluding hydrogens is 336 g/mol. The van der Waals surface area contributed by atoms with Crippen molar-refractivity contribution < 1.29 is 15.0 Å². The number of aliphatic hydroxyl groups excluding tert-OH is 2. The molecule has 0 saturated heterocycles. The number of aromatic nitrogens is 5. The number of amides is 1. The Balaban J connectivity index is 1.59. The number of aliphatic hydroxyl groups is 2. The van der Waals surface area contributed by atoms with Crippen molar-refractivity contribution >= 4 is 11.6 Å². The van der Waals surface area contributed by atoms with Gasteiger partial charge in [0, 0.05) is 25.5 Å². The summed E-state index contributed by atoms with van der Waals surface area (Å²) >= 11 is 0. The van der Waals surface area contributed by atoms with Crippen molar-refractivity contribution in [3.63, 3.8) is 0 Å². The first-order valence-corrected chi connectivity index (χ1v) is 8.54. The summed E-state index contributed by atoms with van der Waals surface area (Å²) in [6, 6.07) is 1.83. The number of nitrogens with zero attached hydrogens (tertiary/aromatic N) is 6. The van der Waals surface area contributed by atoms with E-state index in [2.05, 4.69) is 15.2 Å². The van der Waals surface area contributed by atoms with Crippen LogP contribution >= 0.6 is 0 Å². The highest BCUT2D eigenvalue weighted by Crippen LogP contribution is 2.20. The molecule has 0 aromatic carbocycles. The SMILES string of the molecule is C[C@H](O)c1cc2n(n1)CCN(C(=O)c1cnn3cc(CCO)cnc13)C2. The highest BCUT2D eigenvalue weighted by molar-refractivity contribution is 5.99. The van der Waals surface area contributed by atoms with E-state index in [1.165, 1.54) is 6.20 Å². The van der Waals surface area contributed by atoms with Crippen LogP contribution in [0.5, 0.6) is 0 Å². The smallest absolute Gasteiger partial charge is 0.259 e. The van der Waals surface area contributed by atoms with Gasteiger partial charge in [0.15, 0.2) is 5.65 Å². The Morgan fingerprint density at radius 1 is 1.35 bits per heavy atom. The van der Waals surface area contributed by atoms with Gasteiger partial charge in [-0.15, -0.1) is 0 Å². The molecule has 3 aromatic heterocycles. The van der Waals surface area contributed by atoms with E-state index >= 15 is 0 Å². The molecule has 0 spiro atoms. The maximum Gasteiger partial charge on any atom is 0.259 e. The molecule has 3 aromatic rings. The van der Waals surface area contributed by atoms with E-state index in [-0.39, 0.29) is 12.5 Å². The number of fused-ring (bicyclic) bond motifs is 2. The Bertz CT molecular complexity index is 961. The Labute approximate surface area is 149 Å². The molecule has 1 aliphatic rings. The predicted octanol–water partition coefficient (Wildman–Crippen LogP) is 0.170. The van der Waals surface area contributed by atoms with Crippen LogP contribution in [0.4, 0.5) is 0 Å². The molecule has 26 heavy (non-hydrogen) atoms. The largest absolute Gasteiger partial charge is 0.396 e. The highest BCUT2D eigenvalue weighted by atomic mass is 16.3. The summed E-state index contributed by atoms with van der Waals surface area (Å²) in [6.45, 7) is 3.26. The molecule has 9 heteroatoms. The van der Waals surface area contributed by atoms with Gasteiger partial charge in [-0.25, -0.2) is 9.50 Å². The second kappa shape index (κ2) is 6.50. The Morgan fingerprint density at radius 2 is 2.19 bits per heavy atom. The Kier molecular flexibility index (Phi) is 4.17. The lowest BCUT2D eigenvalue weighted by molar-refractivity contribution is 0.0707. The minimum absolute atomic E-state index is 0.0378. The third kappa shape index (κ3) is 2.85. The molecule has 2 N–H and O–H groups in total. The van der Waals surface area contributed by atoms with Crippen LogP contribution < -0.4 is 0 Å². The molecule has 0 radical (unpaired) electrons. The molecule has 9 nitrogen and oxygen atoms in total. The topological polar surface area (TPSA) is 109 Å². The van der Waals surface area contributed by atoms with Gasteiger partial charge in [-0.3, -0.25) is 9.48 Å². The molecule has 1 atom stereocenters. The van der Waals surface area contributed by atoms with Crippen molar-refractivity contribution in [3.8, 4) is 0 Å². The van der Waals surface area contributed by atoms with Crippen molar-refractivity contribution in [2.24, 2.45) is 0 Å². The summed E-state index contributed by atoms with van der Waals surface area (Å²) in [5, 5.41) is 27.3. The van der Waals surface area contributed by atoms with Gasteiger partial charge >= 0.3 is 0 Å². The molecule has 4 heterocycles. The van der Waals surface area contributed by atoms with Gasteiger partial charge in [0.1, 0.15) is 5.56 Å². The normalized spacial score (nSPS) is 15.3. The van der Waals surface area contributed by atoms with E-state index < -0.39 is 6.10 Å². The van der Waals surface area contributed by atoms with Gasteiger partial charge in [0.2, 0.25) is 0 Å². The van der Waals surface area contributed by atoms with Crippen LogP contribution in [0, 0.1) is 0 Å². The minimum atomic E-state index is -0.630. The number of carbonyl (C=O) groups excluding carboxylic acids is 1. The lowest BCUT2D eigenvalue weighted by Crippen LogP contribution is -2.38. The van der Waals surface area contributed by atoms with Crippen molar-refractivity contribution in [3.05, 3.63) is 47.2 Å². The van der Waals surface area contributed by atoms with Crippen LogP contribution in [0.3, 0.4) is 0 Å². The predicted molar refractivity (Wildman–Crippen MR) is 91.4 cm³/mol. The zero-order valence-corrected chi connectivity index (χ0v) is 14.4. The summed E-state index contributed by atoms with van der Waals surface area (Å²) in [7, 11) is 0. The number of hydrogen-bond acceptors (Lipinski definition) is 6. The van der Waals surface area contributed by atoms with Gasteiger partial charge in [-0.05, 0) is 25.0 Å². The van der Waals surface area contributed by atoms with E-state index in [4.69, 9.17) is 5.11 Å². The fourth-order valence-electron chi connectivity index (χ4n) is 3.16. The Morgan fingerprint density at radius 3 is 2.96 bits per heavy atom. The molecule has 1 aliphatic heterocycles. The van der Waals surface area contributed by atoms with Gasteiger partial charge in [0.05, 0.1) is 36.8 Å². The lowest BCUT2D eigenvalue weighted by Gasteiger charge is -2.27. The van der Waals surface area contributed by atoms with E-state index in [1.54, 1.807) is 28.7 Å². The second-order valence-electron chi connectivity index (χ2n) is 6.45. The van der Waals surface area contributed by atoms with Crippen molar-refractivity contribution in [2.45, 2.75) is 32.5 Å². The average molecular weight is 356 g/mol. The first-order valence-electron chi connectivity index (χ1n) is 8.54. The number of carbonyl (C=O) groups is 1. The fourth-order valence-corrected chi connectivity index (χ4v) is 3.16. The average Bonchev–Trinajstić information content (AvgIpc) is 3.24. The maximum absolute atomic E-state index is 12.9. The summed E-state index contributed by atoms with van der Waals surface area (Å²) in [4.78, 5) is 19.0. The molecule has 4 rings (SSSR count). The molecule has 0 fully saturated rings. The summed E-state index contributed by atoms with van der Waals surface area (Å²) in [5.74, 6) is -0.131. The highest BCUT2D eigenvalue weighted by Gasteiger charge is 2.26. The van der Waals surface area contributed by atoms with Gasteiger partial charge in [-0.2, -0.15) is 10.2 Å². The zero-order chi connectivity index (χ0) is 18.3. The van der Waals surface area contributed by atoms with Crippen molar-refractivity contribution in [1.82, 2.24) is 29.3 Å². The first kappa shape index (κ1) is 16.7. The molecule has 1 amide bonds. The first-order chi connectivity index (χ1) is 12.6. The summed E-state index contributed by atoms with van der Waals surface area (Å²) < 4.78 is 3.40. The molecule has 0 bridgehead atoms. The molecule has 0 aliphatic carbocycles. The molecular formula is C17H20N6O3. The third-order valence-corrected chi connectivity index (χ3v) is 4.57. The van der Waals surface area contributed by atoms with Crippen LogP contribution in [-0.2, 0) is 19.5 Å². The quantitative estimate of drug-likeness (QED) is 0.690. The summed E-state index contributed by atoms with van der Waals surface area (Å²) in [5.41, 5.74) is 3.32. The monoisotopic (exact) mass is 356 g/mol. The second-order valence-corrected chi connectivity index (χ2v) is 6.45. The van der Waals surface area contributed by atoms with Crippen molar-refractivity contribution in [1.29, 1.82) is 0 Å². The van der Waals surface area contributed by atoms with E-state index in [1.807, 2.05) is 10.7 Å². The van der Waals surface area contributed by atoms with Crippen molar-refractivity contribution in [2.75, 3.05) is 13.2 Å². The van der Waals surface area contributed by atoms with Crippen LogP contribution in [-0.4, -0.2) is 58.6 Å². The standard InChI is InChI=1S/C17H20N6O3/c1-11(25)15-6-13-10-21(3-4-22(13)20-15)17(26)14-8-19-23-9-12(2-5-24)7-18-16(14)23/h6-9,11,24-25H,2-5,10H2,1H3/t11-/m0/s1. The Hall–Kier alpha value is -2.78. The van der Waals surface area contributed by atoms with Gasteiger partial charge in [-0.1, -0.05) is 0 Å². The van der Waals surface area contributed by atoms with Gasteiger partial charge in [0.25, 0.3) is 5.91 Å². The molecule has 136 valence electrons. The fraction of sp³-hybridized carbons (Fsp3) is 0.412. The van der Waals surface area contributed by atoms with E-state index in [0.29, 0.717) is 43.0 Å². The maximum atomic E-state index is 12.9. The minimum Gasteiger partial charge on any atom is -0.396 e. The summed E-state index contributed by atoms with van der Waals surface area (Å²) in [6.07, 6.45) is 4.82. The zero-order valence-electron chi connectivity index (χ0n) is 14.4. The van der Waals surface area contributed by atoms with Crippen LogP contribution in [0.1, 0.15) is 40.3 Å². The van der Waals surface area contributed by atoms with E-state index in [0.717, 1.165) is 11.3 Å². The van der Waals surface area contributed by atoms with Gasteiger partial charge < -0.3 is 15.1 Å². The third-order valence-electron chi connectivity index (χ3n) is 4.57. The lowest BCUT2D eigenvalue weighted by atomic mass is 10.2. The van der Waals surface area contributed by atoms with E-state index in [9.17, 15) is 9.90 Å². The molecule has 0 unspecified atom stereocenters. The van der Waals surface area contributed by atoms with Crippen LogP contribution in [0.15, 0.2) is 24.7 Å². The molecule has 0 saturated carbocycles. The number of hydrogen-bond donors (Lipinski definition) is 2.